The fourth-order valence-electron chi connectivity index (χ4n) is 3.62. The van der Waals surface area contributed by atoms with Crippen LogP contribution in [0, 0.1) is 0 Å². The van der Waals surface area contributed by atoms with E-state index in [4.69, 9.17) is 9.26 Å². The summed E-state index contributed by atoms with van der Waals surface area (Å²) in [5.74, 6) is 0.903. The number of fused-ring (bicyclic) bond motifs is 1. The van der Waals surface area contributed by atoms with E-state index < -0.39 is 0 Å². The van der Waals surface area contributed by atoms with Crippen molar-refractivity contribution >= 4 is 5.91 Å². The molecule has 30 heavy (non-hydrogen) atoms. The van der Waals surface area contributed by atoms with E-state index >= 15 is 0 Å². The minimum absolute atomic E-state index is 0.00796. The first-order valence-corrected chi connectivity index (χ1v) is 9.68. The zero-order valence-electron chi connectivity index (χ0n) is 16.1. The standard InChI is InChI=1S/C22H19N5O3/c28-22(25-20-10-5-15-3-1-2-4-19(15)20)21-11-18(30-26-21)12-29-17-8-6-16(7-9-17)27-14-23-13-24-27/h1-4,6-9,11,13-14,20H,5,10,12H2,(H,25,28). The molecular formula is C22H19N5O3. The second kappa shape index (κ2) is 7.82. The van der Waals surface area contributed by atoms with Gasteiger partial charge < -0.3 is 14.6 Å². The molecule has 0 saturated heterocycles. The minimum atomic E-state index is -0.246. The van der Waals surface area contributed by atoms with Crippen LogP contribution >= 0.6 is 0 Å². The Morgan fingerprint density at radius 2 is 2.07 bits per heavy atom. The summed E-state index contributed by atoms with van der Waals surface area (Å²) < 4.78 is 12.7. The molecular weight excluding hydrogens is 382 g/mol. The number of carbonyl (C=O) groups is 1. The molecule has 2 heterocycles. The van der Waals surface area contributed by atoms with Crippen LogP contribution < -0.4 is 10.1 Å². The van der Waals surface area contributed by atoms with E-state index in [1.165, 1.54) is 17.5 Å². The van der Waals surface area contributed by atoms with Crippen molar-refractivity contribution in [3.63, 3.8) is 0 Å². The third-order valence-corrected chi connectivity index (χ3v) is 5.13. The number of hydrogen-bond donors (Lipinski definition) is 1. The summed E-state index contributed by atoms with van der Waals surface area (Å²) in [5.41, 5.74) is 3.59. The first-order valence-electron chi connectivity index (χ1n) is 9.68. The molecule has 8 heteroatoms. The van der Waals surface area contributed by atoms with Crippen molar-refractivity contribution < 1.29 is 14.1 Å². The molecule has 1 atom stereocenters. The number of hydrogen-bond acceptors (Lipinski definition) is 6. The maximum absolute atomic E-state index is 12.6. The molecule has 1 unspecified atom stereocenters. The lowest BCUT2D eigenvalue weighted by Gasteiger charge is -2.12. The molecule has 1 aliphatic carbocycles. The van der Waals surface area contributed by atoms with E-state index in [2.05, 4.69) is 32.7 Å². The maximum atomic E-state index is 12.6. The smallest absolute Gasteiger partial charge is 0.273 e. The molecule has 0 bridgehead atoms. The van der Waals surface area contributed by atoms with Gasteiger partial charge in [-0.15, -0.1) is 0 Å². The van der Waals surface area contributed by atoms with Gasteiger partial charge in [0.1, 0.15) is 25.0 Å². The lowest BCUT2D eigenvalue weighted by Crippen LogP contribution is -2.27. The normalized spacial score (nSPS) is 15.0. The SMILES string of the molecule is O=C(NC1CCc2ccccc21)c1cc(COc2ccc(-n3cncn3)cc2)on1. The molecule has 1 aliphatic rings. The summed E-state index contributed by atoms with van der Waals surface area (Å²) >= 11 is 0. The second-order valence-corrected chi connectivity index (χ2v) is 7.06. The Morgan fingerprint density at radius 3 is 2.90 bits per heavy atom. The van der Waals surface area contributed by atoms with Crippen LogP contribution in [0.4, 0.5) is 0 Å². The predicted octanol–water partition coefficient (Wildman–Crippen LogP) is 3.25. The Balaban J connectivity index is 1.18. The summed E-state index contributed by atoms with van der Waals surface area (Å²) in [6, 6.07) is 17.2. The van der Waals surface area contributed by atoms with Gasteiger partial charge in [0.25, 0.3) is 5.91 Å². The number of rotatable bonds is 6. The van der Waals surface area contributed by atoms with Crippen molar-refractivity contribution in [3.05, 3.63) is 89.8 Å². The van der Waals surface area contributed by atoms with E-state index in [1.807, 2.05) is 36.4 Å². The summed E-state index contributed by atoms with van der Waals surface area (Å²) in [5, 5.41) is 11.0. The van der Waals surface area contributed by atoms with E-state index in [1.54, 1.807) is 17.1 Å². The number of ether oxygens (including phenoxy) is 1. The van der Waals surface area contributed by atoms with Gasteiger partial charge >= 0.3 is 0 Å². The Morgan fingerprint density at radius 1 is 1.20 bits per heavy atom. The number of nitrogens with zero attached hydrogens (tertiary/aromatic N) is 4. The van der Waals surface area contributed by atoms with E-state index in [0.29, 0.717) is 11.5 Å². The Labute approximate surface area is 172 Å². The van der Waals surface area contributed by atoms with Crippen LogP contribution in [0.25, 0.3) is 5.69 Å². The monoisotopic (exact) mass is 401 g/mol. The van der Waals surface area contributed by atoms with Gasteiger partial charge in [-0.3, -0.25) is 4.79 Å². The van der Waals surface area contributed by atoms with Crippen molar-refractivity contribution in [1.82, 2.24) is 25.2 Å². The van der Waals surface area contributed by atoms with Gasteiger partial charge in [-0.2, -0.15) is 5.10 Å². The number of aromatic nitrogens is 4. The van der Waals surface area contributed by atoms with Gasteiger partial charge in [-0.1, -0.05) is 29.4 Å². The Hall–Kier alpha value is -3.94. The Bertz CT molecular complexity index is 1150. The summed E-state index contributed by atoms with van der Waals surface area (Å²) in [6.45, 7) is 0.176. The molecule has 1 amide bonds. The van der Waals surface area contributed by atoms with E-state index in [0.717, 1.165) is 18.5 Å². The highest BCUT2D eigenvalue weighted by Crippen LogP contribution is 2.30. The summed E-state index contributed by atoms with van der Waals surface area (Å²) in [4.78, 5) is 16.5. The molecule has 8 nitrogen and oxygen atoms in total. The van der Waals surface area contributed by atoms with Crippen LogP contribution in [0.5, 0.6) is 5.75 Å². The van der Waals surface area contributed by atoms with Crippen molar-refractivity contribution in [2.45, 2.75) is 25.5 Å². The molecule has 2 aromatic carbocycles. The number of carbonyl (C=O) groups excluding carboxylic acids is 1. The number of benzene rings is 2. The van der Waals surface area contributed by atoms with Crippen molar-refractivity contribution in [1.29, 1.82) is 0 Å². The van der Waals surface area contributed by atoms with Gasteiger partial charge in [0.2, 0.25) is 0 Å². The lowest BCUT2D eigenvalue weighted by atomic mass is 10.1. The third-order valence-electron chi connectivity index (χ3n) is 5.13. The second-order valence-electron chi connectivity index (χ2n) is 7.06. The third kappa shape index (κ3) is 3.67. The fraction of sp³-hybridized carbons (Fsp3) is 0.182. The van der Waals surface area contributed by atoms with Gasteiger partial charge in [-0.25, -0.2) is 9.67 Å². The largest absolute Gasteiger partial charge is 0.486 e. The molecule has 0 spiro atoms. The van der Waals surface area contributed by atoms with Gasteiger partial charge in [0.05, 0.1) is 11.7 Å². The zero-order valence-corrected chi connectivity index (χ0v) is 16.1. The van der Waals surface area contributed by atoms with Crippen LogP contribution in [0.15, 0.2) is 71.8 Å². The van der Waals surface area contributed by atoms with Gasteiger partial charge in [-0.05, 0) is 48.2 Å². The summed E-state index contributed by atoms with van der Waals surface area (Å²) in [7, 11) is 0. The minimum Gasteiger partial charge on any atom is -0.486 e. The topological polar surface area (TPSA) is 95.1 Å². The molecule has 5 rings (SSSR count). The quantitative estimate of drug-likeness (QED) is 0.533. The molecule has 0 radical (unpaired) electrons. The number of nitrogens with one attached hydrogen (secondary N) is 1. The molecule has 0 aliphatic heterocycles. The first-order chi connectivity index (χ1) is 14.8. The molecule has 4 aromatic rings. The molecule has 0 fully saturated rings. The van der Waals surface area contributed by atoms with Crippen molar-refractivity contribution in [3.8, 4) is 11.4 Å². The highest BCUT2D eigenvalue weighted by Gasteiger charge is 2.25. The maximum Gasteiger partial charge on any atom is 0.273 e. The van der Waals surface area contributed by atoms with Crippen LogP contribution in [-0.2, 0) is 13.0 Å². The number of aryl methyl sites for hydroxylation is 1. The molecule has 2 aromatic heterocycles. The van der Waals surface area contributed by atoms with Crippen LogP contribution in [0.3, 0.4) is 0 Å². The van der Waals surface area contributed by atoms with E-state index in [-0.39, 0.29) is 24.2 Å². The molecule has 0 saturated carbocycles. The van der Waals surface area contributed by atoms with Gasteiger partial charge in [0.15, 0.2) is 11.5 Å². The molecule has 150 valence electrons. The predicted molar refractivity (Wildman–Crippen MR) is 107 cm³/mol. The highest BCUT2D eigenvalue weighted by molar-refractivity contribution is 5.92. The average Bonchev–Trinajstić information content (AvgIpc) is 3.54. The lowest BCUT2D eigenvalue weighted by molar-refractivity contribution is 0.0927. The first kappa shape index (κ1) is 18.1. The van der Waals surface area contributed by atoms with E-state index in [9.17, 15) is 4.79 Å². The van der Waals surface area contributed by atoms with Crippen molar-refractivity contribution in [2.24, 2.45) is 0 Å². The Kier molecular flexibility index (Phi) is 4.72. The van der Waals surface area contributed by atoms with Crippen LogP contribution in [0.1, 0.15) is 39.8 Å². The highest BCUT2D eigenvalue weighted by atomic mass is 16.5. The zero-order chi connectivity index (χ0) is 20.3. The summed E-state index contributed by atoms with van der Waals surface area (Å²) in [6.07, 6.45) is 4.97. The van der Waals surface area contributed by atoms with Crippen LogP contribution in [0.2, 0.25) is 0 Å². The molecule has 1 N–H and O–H groups in total. The van der Waals surface area contributed by atoms with Crippen molar-refractivity contribution in [2.75, 3.05) is 0 Å². The van der Waals surface area contributed by atoms with Gasteiger partial charge in [0, 0.05) is 6.07 Å². The fourth-order valence-corrected chi connectivity index (χ4v) is 3.62. The van der Waals surface area contributed by atoms with Crippen LogP contribution in [-0.4, -0.2) is 25.8 Å². The number of amides is 1. The average molecular weight is 401 g/mol.